The fraction of sp³-hybridized carbons (Fsp3) is 0.480. The normalized spacial score (nSPS) is 20.2. The standard InChI is InChI=1S/C25H28F2N6O/c1-14-25(34)30(2)13-21-24(29-23(33(14)21)15-6-7-15)32-8-4-5-16-9-18(17-11-28-31(3)12-17)19(22(26)27)10-20(16)32/h9-12,14-15,22H,4-8,13H2,1-3H3/t14-/m0/s1. The second kappa shape index (κ2) is 7.65. The number of aryl methyl sites for hydroxylation is 2. The third-order valence-electron chi connectivity index (χ3n) is 7.34. The molecule has 1 amide bonds. The molecule has 1 aromatic carbocycles. The number of nitrogens with zero attached hydrogens (tertiary/aromatic N) is 6. The van der Waals surface area contributed by atoms with Gasteiger partial charge >= 0.3 is 0 Å². The van der Waals surface area contributed by atoms with Gasteiger partial charge in [-0.3, -0.25) is 9.48 Å². The van der Waals surface area contributed by atoms with Crippen LogP contribution in [0.25, 0.3) is 11.1 Å². The second-order valence-corrected chi connectivity index (χ2v) is 9.78. The molecule has 0 N–H and O–H groups in total. The first-order valence-electron chi connectivity index (χ1n) is 11.9. The number of fused-ring (bicyclic) bond motifs is 2. The van der Waals surface area contributed by atoms with E-state index in [4.69, 9.17) is 4.98 Å². The average Bonchev–Trinajstić information content (AvgIpc) is 3.46. The molecule has 3 aromatic rings. The number of likely N-dealkylation sites (N-methyl/N-ethyl adjacent to an activating group) is 1. The molecule has 0 saturated heterocycles. The molecule has 178 valence electrons. The summed E-state index contributed by atoms with van der Waals surface area (Å²) in [6.45, 7) is 3.11. The summed E-state index contributed by atoms with van der Waals surface area (Å²) < 4.78 is 32.2. The van der Waals surface area contributed by atoms with Crippen LogP contribution in [0.1, 0.15) is 67.2 Å². The van der Waals surface area contributed by atoms with Crippen molar-refractivity contribution in [1.82, 2.24) is 24.2 Å². The van der Waals surface area contributed by atoms with Crippen molar-refractivity contribution in [3.8, 4) is 11.1 Å². The Bertz CT molecular complexity index is 1290. The summed E-state index contributed by atoms with van der Waals surface area (Å²) in [5, 5.41) is 4.18. The SMILES string of the molecule is C[C@H]1C(=O)N(C)Cc2c(N3CCCc4cc(-c5cnn(C)c5)c(C(F)F)cc43)nc(C3CC3)n21. The second-order valence-electron chi connectivity index (χ2n) is 9.78. The van der Waals surface area contributed by atoms with Crippen LogP contribution in [-0.4, -0.2) is 43.7 Å². The van der Waals surface area contributed by atoms with Gasteiger partial charge in [-0.1, -0.05) is 0 Å². The van der Waals surface area contributed by atoms with Crippen LogP contribution in [0.4, 0.5) is 20.3 Å². The number of aromatic nitrogens is 4. The molecule has 2 aliphatic heterocycles. The Morgan fingerprint density at radius 3 is 2.65 bits per heavy atom. The van der Waals surface area contributed by atoms with E-state index < -0.39 is 6.43 Å². The van der Waals surface area contributed by atoms with Crippen LogP contribution < -0.4 is 4.90 Å². The van der Waals surface area contributed by atoms with Crippen molar-refractivity contribution in [3.63, 3.8) is 0 Å². The number of amides is 1. The van der Waals surface area contributed by atoms with E-state index in [1.165, 1.54) is 0 Å². The number of halogens is 2. The van der Waals surface area contributed by atoms with Crippen molar-refractivity contribution < 1.29 is 13.6 Å². The summed E-state index contributed by atoms with van der Waals surface area (Å²) >= 11 is 0. The van der Waals surface area contributed by atoms with Crippen molar-refractivity contribution >= 4 is 17.4 Å². The summed E-state index contributed by atoms with van der Waals surface area (Å²) in [5.74, 6) is 2.23. The van der Waals surface area contributed by atoms with Gasteiger partial charge in [-0.2, -0.15) is 5.10 Å². The molecule has 0 unspecified atom stereocenters. The fourth-order valence-electron chi connectivity index (χ4n) is 5.49. The van der Waals surface area contributed by atoms with Crippen LogP contribution in [0.15, 0.2) is 24.5 Å². The van der Waals surface area contributed by atoms with Crippen molar-refractivity contribution in [1.29, 1.82) is 0 Å². The molecule has 6 rings (SSSR count). The maximum absolute atomic E-state index is 14.2. The molecule has 4 heterocycles. The Morgan fingerprint density at radius 2 is 1.97 bits per heavy atom. The highest BCUT2D eigenvalue weighted by atomic mass is 19.3. The number of anilines is 2. The van der Waals surface area contributed by atoms with Gasteiger partial charge in [0.1, 0.15) is 11.9 Å². The van der Waals surface area contributed by atoms with E-state index in [0.717, 1.165) is 54.3 Å². The van der Waals surface area contributed by atoms with Gasteiger partial charge in [-0.05, 0) is 55.9 Å². The molecular weight excluding hydrogens is 438 g/mol. The first-order valence-corrected chi connectivity index (χ1v) is 11.9. The number of hydrogen-bond donors (Lipinski definition) is 0. The molecule has 7 nitrogen and oxygen atoms in total. The van der Waals surface area contributed by atoms with E-state index in [1.54, 1.807) is 35.1 Å². The summed E-state index contributed by atoms with van der Waals surface area (Å²) in [7, 11) is 3.60. The maximum Gasteiger partial charge on any atom is 0.264 e. The molecule has 1 atom stereocenters. The van der Waals surface area contributed by atoms with Crippen molar-refractivity contribution in [2.45, 2.75) is 57.5 Å². The van der Waals surface area contributed by atoms with E-state index in [1.807, 2.05) is 20.0 Å². The molecule has 2 aromatic heterocycles. The largest absolute Gasteiger partial charge is 0.338 e. The summed E-state index contributed by atoms with van der Waals surface area (Å²) in [6.07, 6.45) is 4.68. The zero-order chi connectivity index (χ0) is 23.7. The van der Waals surface area contributed by atoms with Crippen molar-refractivity contribution in [2.24, 2.45) is 7.05 Å². The first-order chi connectivity index (χ1) is 16.3. The lowest BCUT2D eigenvalue weighted by atomic mass is 9.93. The van der Waals surface area contributed by atoms with Gasteiger partial charge in [-0.25, -0.2) is 13.8 Å². The quantitative estimate of drug-likeness (QED) is 0.559. The minimum absolute atomic E-state index is 0.00908. The summed E-state index contributed by atoms with van der Waals surface area (Å²) in [5.41, 5.74) is 4.08. The van der Waals surface area contributed by atoms with Gasteiger partial charge in [0.25, 0.3) is 6.43 Å². The smallest absolute Gasteiger partial charge is 0.264 e. The van der Waals surface area contributed by atoms with Crippen LogP contribution in [-0.2, 0) is 24.8 Å². The zero-order valence-electron chi connectivity index (χ0n) is 19.6. The van der Waals surface area contributed by atoms with Crippen LogP contribution in [0, 0.1) is 0 Å². The number of alkyl halides is 2. The molecule has 1 saturated carbocycles. The summed E-state index contributed by atoms with van der Waals surface area (Å²) in [6, 6.07) is 3.24. The van der Waals surface area contributed by atoms with Gasteiger partial charge < -0.3 is 14.4 Å². The minimum atomic E-state index is -2.61. The lowest BCUT2D eigenvalue weighted by molar-refractivity contribution is -0.135. The van der Waals surface area contributed by atoms with Crippen LogP contribution in [0.2, 0.25) is 0 Å². The monoisotopic (exact) mass is 466 g/mol. The predicted octanol–water partition coefficient (Wildman–Crippen LogP) is 4.72. The topological polar surface area (TPSA) is 59.2 Å². The third kappa shape index (κ3) is 3.24. The van der Waals surface area contributed by atoms with Crippen LogP contribution in [0.5, 0.6) is 0 Å². The number of carbonyl (C=O) groups excluding carboxylic acids is 1. The lowest BCUT2D eigenvalue weighted by Gasteiger charge is -2.35. The van der Waals surface area contributed by atoms with E-state index in [2.05, 4.69) is 14.6 Å². The molecule has 1 fully saturated rings. The molecule has 0 radical (unpaired) electrons. The van der Waals surface area contributed by atoms with Crippen LogP contribution in [0.3, 0.4) is 0 Å². The summed E-state index contributed by atoms with van der Waals surface area (Å²) in [4.78, 5) is 21.6. The molecule has 34 heavy (non-hydrogen) atoms. The number of imidazole rings is 1. The van der Waals surface area contributed by atoms with Gasteiger partial charge in [0, 0.05) is 49.6 Å². The number of benzene rings is 1. The van der Waals surface area contributed by atoms with E-state index in [-0.39, 0.29) is 17.5 Å². The Balaban J connectivity index is 1.51. The predicted molar refractivity (Wildman–Crippen MR) is 124 cm³/mol. The van der Waals surface area contributed by atoms with Gasteiger partial charge in [0.15, 0.2) is 5.82 Å². The molecule has 1 aliphatic carbocycles. The van der Waals surface area contributed by atoms with Crippen LogP contribution >= 0.6 is 0 Å². The number of rotatable bonds is 4. The average molecular weight is 467 g/mol. The highest BCUT2D eigenvalue weighted by Gasteiger charge is 2.40. The molecular formula is C25H28F2N6O. The third-order valence-corrected chi connectivity index (χ3v) is 7.34. The Labute approximate surface area is 197 Å². The highest BCUT2D eigenvalue weighted by Crippen LogP contribution is 2.47. The number of carbonyl (C=O) groups is 1. The molecule has 0 spiro atoms. The molecule has 3 aliphatic rings. The number of hydrogen-bond acceptors (Lipinski definition) is 4. The molecule has 9 heteroatoms. The van der Waals surface area contributed by atoms with Gasteiger partial charge in [0.05, 0.1) is 18.4 Å². The zero-order valence-corrected chi connectivity index (χ0v) is 19.6. The first kappa shape index (κ1) is 21.3. The Hall–Kier alpha value is -3.23. The van der Waals surface area contributed by atoms with E-state index in [0.29, 0.717) is 30.1 Å². The minimum Gasteiger partial charge on any atom is -0.338 e. The van der Waals surface area contributed by atoms with Gasteiger partial charge in [-0.15, -0.1) is 0 Å². The highest BCUT2D eigenvalue weighted by molar-refractivity contribution is 5.83. The van der Waals surface area contributed by atoms with E-state index >= 15 is 0 Å². The van der Waals surface area contributed by atoms with Gasteiger partial charge in [0.2, 0.25) is 5.91 Å². The van der Waals surface area contributed by atoms with Crippen molar-refractivity contribution in [2.75, 3.05) is 18.5 Å². The maximum atomic E-state index is 14.2. The Kier molecular flexibility index (Phi) is 4.79. The van der Waals surface area contributed by atoms with E-state index in [9.17, 15) is 13.6 Å². The van der Waals surface area contributed by atoms with Crippen molar-refractivity contribution in [3.05, 3.63) is 47.2 Å². The fourth-order valence-corrected chi connectivity index (χ4v) is 5.49. The molecule has 0 bridgehead atoms. The lowest BCUT2D eigenvalue weighted by Crippen LogP contribution is -2.40. The Morgan fingerprint density at radius 1 is 1.18 bits per heavy atom.